The molecule has 118 valence electrons. The van der Waals surface area contributed by atoms with E-state index in [-0.39, 0.29) is 12.0 Å². The van der Waals surface area contributed by atoms with Gasteiger partial charge in [0.15, 0.2) is 0 Å². The van der Waals surface area contributed by atoms with E-state index in [1.807, 2.05) is 12.1 Å². The average molecular weight is 304 g/mol. The molecule has 3 heterocycles. The number of aromatic nitrogens is 3. The molecule has 2 aromatic rings. The van der Waals surface area contributed by atoms with Crippen LogP contribution in [0.5, 0.6) is 0 Å². The van der Waals surface area contributed by atoms with Gasteiger partial charge < -0.3 is 19.4 Å². The summed E-state index contributed by atoms with van der Waals surface area (Å²) in [6, 6.07) is 3.98. The molecule has 0 spiro atoms. The van der Waals surface area contributed by atoms with Gasteiger partial charge in [-0.25, -0.2) is 4.79 Å². The summed E-state index contributed by atoms with van der Waals surface area (Å²) in [4.78, 5) is 11.9. The number of H-pyrrole nitrogens is 1. The van der Waals surface area contributed by atoms with Crippen molar-refractivity contribution in [3.63, 3.8) is 0 Å². The number of hydrogen-bond donors (Lipinski definition) is 2. The fourth-order valence-corrected chi connectivity index (χ4v) is 2.71. The first-order valence-electron chi connectivity index (χ1n) is 7.30. The standard InChI is InChI=1S/C15H20N4O3/c1-10(13-3-4-17-18-13)16-8-11-7-12(15(20)21-2)14-9-22-6-5-19(11)14/h3-4,7,10,16H,5-6,8-9H2,1-2H3,(H,17,18). The van der Waals surface area contributed by atoms with Crippen molar-refractivity contribution in [2.24, 2.45) is 0 Å². The maximum Gasteiger partial charge on any atom is 0.339 e. The molecule has 7 heteroatoms. The Bertz CT molecular complexity index is 648. The Kier molecular flexibility index (Phi) is 4.26. The van der Waals surface area contributed by atoms with Gasteiger partial charge in [0.2, 0.25) is 0 Å². The molecule has 0 fully saturated rings. The van der Waals surface area contributed by atoms with Gasteiger partial charge in [0.05, 0.1) is 37.3 Å². The number of rotatable bonds is 5. The molecule has 2 aromatic heterocycles. The Labute approximate surface area is 128 Å². The van der Waals surface area contributed by atoms with Gasteiger partial charge in [-0.3, -0.25) is 5.10 Å². The Morgan fingerprint density at radius 3 is 3.23 bits per heavy atom. The molecule has 0 aromatic carbocycles. The van der Waals surface area contributed by atoms with E-state index >= 15 is 0 Å². The number of methoxy groups -OCH3 is 1. The molecule has 22 heavy (non-hydrogen) atoms. The fourth-order valence-electron chi connectivity index (χ4n) is 2.71. The average Bonchev–Trinajstić information content (AvgIpc) is 3.20. The van der Waals surface area contributed by atoms with E-state index in [0.717, 1.165) is 23.6 Å². The highest BCUT2D eigenvalue weighted by atomic mass is 16.5. The van der Waals surface area contributed by atoms with Gasteiger partial charge in [0, 0.05) is 31.0 Å². The lowest BCUT2D eigenvalue weighted by Gasteiger charge is -2.20. The number of esters is 1. The second-order valence-corrected chi connectivity index (χ2v) is 5.31. The fraction of sp³-hybridized carbons (Fsp3) is 0.467. The van der Waals surface area contributed by atoms with Crippen LogP contribution in [0.25, 0.3) is 0 Å². The van der Waals surface area contributed by atoms with Gasteiger partial charge in [-0.05, 0) is 19.1 Å². The summed E-state index contributed by atoms with van der Waals surface area (Å²) in [5.74, 6) is -0.317. The van der Waals surface area contributed by atoms with Crippen LogP contribution in [-0.2, 0) is 29.2 Å². The van der Waals surface area contributed by atoms with Crippen molar-refractivity contribution in [2.45, 2.75) is 32.7 Å². The summed E-state index contributed by atoms with van der Waals surface area (Å²) in [6.45, 7) is 4.58. The summed E-state index contributed by atoms with van der Waals surface area (Å²) in [6.07, 6.45) is 1.74. The maximum atomic E-state index is 11.9. The normalized spacial score (nSPS) is 15.4. The van der Waals surface area contributed by atoms with Crippen molar-refractivity contribution in [1.82, 2.24) is 20.1 Å². The number of carbonyl (C=O) groups is 1. The van der Waals surface area contributed by atoms with Gasteiger partial charge in [-0.2, -0.15) is 5.10 Å². The van der Waals surface area contributed by atoms with Crippen LogP contribution in [0.2, 0.25) is 0 Å². The van der Waals surface area contributed by atoms with E-state index in [0.29, 0.717) is 25.3 Å². The predicted molar refractivity (Wildman–Crippen MR) is 79.3 cm³/mol. The quantitative estimate of drug-likeness (QED) is 0.816. The molecule has 1 unspecified atom stereocenters. The molecule has 2 N–H and O–H groups in total. The number of ether oxygens (including phenoxy) is 2. The van der Waals surface area contributed by atoms with E-state index in [2.05, 4.69) is 27.0 Å². The van der Waals surface area contributed by atoms with Gasteiger partial charge >= 0.3 is 5.97 Å². The lowest BCUT2D eigenvalue weighted by molar-refractivity contribution is 0.0574. The minimum Gasteiger partial charge on any atom is -0.465 e. The van der Waals surface area contributed by atoms with Crippen LogP contribution in [-0.4, -0.2) is 34.5 Å². The molecule has 0 saturated carbocycles. The number of nitrogens with one attached hydrogen (secondary N) is 2. The first kappa shape index (κ1) is 14.8. The molecule has 0 aliphatic carbocycles. The molecule has 1 aliphatic rings. The zero-order valence-electron chi connectivity index (χ0n) is 12.8. The minimum atomic E-state index is -0.317. The second-order valence-electron chi connectivity index (χ2n) is 5.31. The summed E-state index contributed by atoms with van der Waals surface area (Å²) in [5, 5.41) is 10.4. The zero-order valence-corrected chi connectivity index (χ0v) is 12.8. The molecule has 0 saturated heterocycles. The molecule has 7 nitrogen and oxygen atoms in total. The van der Waals surface area contributed by atoms with Crippen LogP contribution in [0, 0.1) is 0 Å². The molecule has 0 radical (unpaired) electrons. The number of fused-ring (bicyclic) bond motifs is 1. The third-order valence-electron chi connectivity index (χ3n) is 3.98. The molecule has 1 aliphatic heterocycles. The van der Waals surface area contributed by atoms with Crippen LogP contribution in [0.4, 0.5) is 0 Å². The Morgan fingerprint density at radius 1 is 1.64 bits per heavy atom. The third kappa shape index (κ3) is 2.77. The highest BCUT2D eigenvalue weighted by Gasteiger charge is 2.23. The van der Waals surface area contributed by atoms with Crippen molar-refractivity contribution < 1.29 is 14.3 Å². The molecular weight excluding hydrogens is 284 g/mol. The lowest BCUT2D eigenvalue weighted by Crippen LogP contribution is -2.24. The third-order valence-corrected chi connectivity index (χ3v) is 3.98. The second kappa shape index (κ2) is 6.33. The largest absolute Gasteiger partial charge is 0.465 e. The Hall–Kier alpha value is -2.12. The molecule has 0 bridgehead atoms. The lowest BCUT2D eigenvalue weighted by atomic mass is 10.2. The smallest absolute Gasteiger partial charge is 0.339 e. The molecule has 1 atom stereocenters. The van der Waals surface area contributed by atoms with E-state index in [4.69, 9.17) is 9.47 Å². The van der Waals surface area contributed by atoms with E-state index in [9.17, 15) is 4.79 Å². The topological polar surface area (TPSA) is 81.2 Å². The van der Waals surface area contributed by atoms with E-state index < -0.39 is 0 Å². The zero-order chi connectivity index (χ0) is 15.5. The summed E-state index contributed by atoms with van der Waals surface area (Å²) >= 11 is 0. The summed E-state index contributed by atoms with van der Waals surface area (Å²) in [7, 11) is 1.40. The Morgan fingerprint density at radius 2 is 2.50 bits per heavy atom. The number of hydrogen-bond acceptors (Lipinski definition) is 5. The molecule has 0 amide bonds. The Balaban J connectivity index is 1.78. The maximum absolute atomic E-state index is 11.9. The molecular formula is C15H20N4O3. The van der Waals surface area contributed by atoms with Crippen LogP contribution in [0.15, 0.2) is 18.3 Å². The monoisotopic (exact) mass is 304 g/mol. The van der Waals surface area contributed by atoms with E-state index in [1.165, 1.54) is 7.11 Å². The van der Waals surface area contributed by atoms with Crippen LogP contribution >= 0.6 is 0 Å². The van der Waals surface area contributed by atoms with Crippen molar-refractivity contribution in [1.29, 1.82) is 0 Å². The van der Waals surface area contributed by atoms with Crippen molar-refractivity contribution in [2.75, 3.05) is 13.7 Å². The van der Waals surface area contributed by atoms with Gasteiger partial charge in [0.1, 0.15) is 0 Å². The van der Waals surface area contributed by atoms with Crippen molar-refractivity contribution >= 4 is 5.97 Å². The van der Waals surface area contributed by atoms with Crippen LogP contribution in [0.1, 0.15) is 40.4 Å². The first-order valence-corrected chi connectivity index (χ1v) is 7.30. The predicted octanol–water partition coefficient (Wildman–Crippen LogP) is 1.38. The van der Waals surface area contributed by atoms with Gasteiger partial charge in [-0.1, -0.05) is 0 Å². The first-order chi connectivity index (χ1) is 10.7. The number of nitrogens with zero attached hydrogens (tertiary/aromatic N) is 2. The van der Waals surface area contributed by atoms with Crippen molar-refractivity contribution in [3.8, 4) is 0 Å². The van der Waals surface area contributed by atoms with Crippen LogP contribution in [0.3, 0.4) is 0 Å². The molecule has 3 rings (SSSR count). The van der Waals surface area contributed by atoms with Crippen LogP contribution < -0.4 is 5.32 Å². The number of carbonyl (C=O) groups excluding carboxylic acids is 1. The summed E-state index contributed by atoms with van der Waals surface area (Å²) < 4.78 is 12.5. The van der Waals surface area contributed by atoms with E-state index in [1.54, 1.807) is 6.20 Å². The van der Waals surface area contributed by atoms with Crippen molar-refractivity contribution in [3.05, 3.63) is 41.0 Å². The summed E-state index contributed by atoms with van der Waals surface area (Å²) in [5.41, 5.74) is 3.57. The van der Waals surface area contributed by atoms with Gasteiger partial charge in [0.25, 0.3) is 0 Å². The highest BCUT2D eigenvalue weighted by Crippen LogP contribution is 2.22. The highest BCUT2D eigenvalue weighted by molar-refractivity contribution is 5.91. The minimum absolute atomic E-state index is 0.148. The van der Waals surface area contributed by atoms with Gasteiger partial charge in [-0.15, -0.1) is 0 Å². The number of aromatic amines is 1. The SMILES string of the molecule is COC(=O)c1cc(CNC(C)c2ccn[nH]2)n2c1COCC2.